The molecular weight excluding hydrogens is 168 g/mol. The smallest absolute Gasteiger partial charge is 0.223 e. The number of hydrogen-bond donors (Lipinski definition) is 1. The van der Waals surface area contributed by atoms with Gasteiger partial charge in [-0.15, -0.1) is 0 Å². The first-order valence-electron chi connectivity index (χ1n) is 4.02. The summed E-state index contributed by atoms with van der Waals surface area (Å²) in [7, 11) is 0. The maximum atomic E-state index is 10.6. The molecule has 0 aromatic carbocycles. The molecule has 1 unspecified atom stereocenters. The molecule has 1 atom stereocenters. The summed E-state index contributed by atoms with van der Waals surface area (Å²) in [4.78, 5) is 14.5. The molecule has 0 aliphatic carbocycles. The van der Waals surface area contributed by atoms with Crippen molar-refractivity contribution < 1.29 is 9.53 Å². The predicted molar refractivity (Wildman–Crippen MR) is 48.1 cm³/mol. The van der Waals surface area contributed by atoms with E-state index in [2.05, 4.69) is 4.98 Å². The molecule has 70 valence electrons. The van der Waals surface area contributed by atoms with E-state index in [0.29, 0.717) is 12.4 Å². The molecule has 0 bridgehead atoms. The summed E-state index contributed by atoms with van der Waals surface area (Å²) in [5.41, 5.74) is 5.07. The van der Waals surface area contributed by atoms with Gasteiger partial charge in [-0.1, -0.05) is 6.92 Å². The van der Waals surface area contributed by atoms with Gasteiger partial charge in [-0.2, -0.15) is 0 Å². The highest BCUT2D eigenvalue weighted by molar-refractivity contribution is 5.76. The maximum Gasteiger partial charge on any atom is 0.223 e. The van der Waals surface area contributed by atoms with Gasteiger partial charge in [0, 0.05) is 6.20 Å². The topological polar surface area (TPSA) is 65.2 Å². The Kier molecular flexibility index (Phi) is 3.25. The number of hydrogen-bond acceptors (Lipinski definition) is 3. The SMILES string of the molecule is CC(COc1cccnc1)C(N)=O. The number of aromatic nitrogens is 1. The van der Waals surface area contributed by atoms with E-state index in [1.165, 1.54) is 0 Å². The fourth-order valence-corrected chi connectivity index (χ4v) is 0.736. The lowest BCUT2D eigenvalue weighted by molar-refractivity contribution is -0.122. The third-order valence-electron chi connectivity index (χ3n) is 1.62. The van der Waals surface area contributed by atoms with Crippen LogP contribution in [-0.2, 0) is 4.79 Å². The molecule has 0 spiro atoms. The van der Waals surface area contributed by atoms with Crippen molar-refractivity contribution in [1.82, 2.24) is 4.98 Å². The van der Waals surface area contributed by atoms with Gasteiger partial charge in [-0.05, 0) is 12.1 Å². The highest BCUT2D eigenvalue weighted by atomic mass is 16.5. The number of nitrogens with two attached hydrogens (primary N) is 1. The van der Waals surface area contributed by atoms with Crippen LogP contribution in [0, 0.1) is 5.92 Å². The van der Waals surface area contributed by atoms with Gasteiger partial charge in [0.1, 0.15) is 5.75 Å². The minimum atomic E-state index is -0.358. The highest BCUT2D eigenvalue weighted by Gasteiger charge is 2.08. The van der Waals surface area contributed by atoms with Gasteiger partial charge < -0.3 is 10.5 Å². The van der Waals surface area contributed by atoms with Crippen LogP contribution < -0.4 is 10.5 Å². The molecule has 0 aliphatic heterocycles. The van der Waals surface area contributed by atoms with E-state index in [4.69, 9.17) is 10.5 Å². The second kappa shape index (κ2) is 4.45. The van der Waals surface area contributed by atoms with Gasteiger partial charge in [0.2, 0.25) is 5.91 Å². The van der Waals surface area contributed by atoms with E-state index < -0.39 is 0 Å². The molecule has 1 aromatic heterocycles. The van der Waals surface area contributed by atoms with Gasteiger partial charge in [-0.3, -0.25) is 9.78 Å². The summed E-state index contributed by atoms with van der Waals surface area (Å²) in [6.45, 7) is 2.01. The van der Waals surface area contributed by atoms with Crippen LogP contribution in [0.3, 0.4) is 0 Å². The minimum absolute atomic E-state index is 0.278. The van der Waals surface area contributed by atoms with Crippen molar-refractivity contribution in [2.24, 2.45) is 11.7 Å². The molecule has 1 aromatic rings. The van der Waals surface area contributed by atoms with Gasteiger partial charge in [0.05, 0.1) is 18.7 Å². The second-order valence-electron chi connectivity index (χ2n) is 2.80. The van der Waals surface area contributed by atoms with Gasteiger partial charge >= 0.3 is 0 Å². The Balaban J connectivity index is 2.39. The van der Waals surface area contributed by atoms with Gasteiger partial charge in [-0.25, -0.2) is 0 Å². The van der Waals surface area contributed by atoms with E-state index in [9.17, 15) is 4.79 Å². The van der Waals surface area contributed by atoms with E-state index in [1.807, 2.05) is 0 Å². The van der Waals surface area contributed by atoms with Crippen molar-refractivity contribution in [2.45, 2.75) is 6.92 Å². The lowest BCUT2D eigenvalue weighted by atomic mass is 10.2. The number of primary amides is 1. The van der Waals surface area contributed by atoms with Gasteiger partial charge in [0.25, 0.3) is 0 Å². The molecule has 4 heteroatoms. The molecule has 0 fully saturated rings. The zero-order valence-electron chi connectivity index (χ0n) is 7.43. The van der Waals surface area contributed by atoms with Gasteiger partial charge in [0.15, 0.2) is 0 Å². The molecule has 2 N–H and O–H groups in total. The highest BCUT2D eigenvalue weighted by Crippen LogP contribution is 2.07. The number of pyridine rings is 1. The van der Waals surface area contributed by atoms with Crippen molar-refractivity contribution >= 4 is 5.91 Å². The molecule has 0 radical (unpaired) electrons. The summed E-state index contributed by atoms with van der Waals surface area (Å²) in [6, 6.07) is 3.55. The van der Waals surface area contributed by atoms with Crippen molar-refractivity contribution in [3.63, 3.8) is 0 Å². The molecule has 1 heterocycles. The Morgan fingerprint density at radius 3 is 3.08 bits per heavy atom. The Labute approximate surface area is 76.7 Å². The van der Waals surface area contributed by atoms with Crippen LogP contribution in [0.4, 0.5) is 0 Å². The lowest BCUT2D eigenvalue weighted by Gasteiger charge is -2.08. The number of nitrogens with zero attached hydrogens (tertiary/aromatic N) is 1. The number of ether oxygens (including phenoxy) is 1. The Hall–Kier alpha value is -1.58. The number of carbonyl (C=O) groups excluding carboxylic acids is 1. The van der Waals surface area contributed by atoms with Crippen molar-refractivity contribution in [3.05, 3.63) is 24.5 Å². The van der Waals surface area contributed by atoms with Crippen LogP contribution in [0.1, 0.15) is 6.92 Å². The molecule has 13 heavy (non-hydrogen) atoms. The maximum absolute atomic E-state index is 10.6. The average Bonchev–Trinajstić information content (AvgIpc) is 2.15. The number of rotatable bonds is 4. The Bertz CT molecular complexity index is 274. The zero-order valence-corrected chi connectivity index (χ0v) is 7.43. The predicted octanol–water partition coefficient (Wildman–Crippen LogP) is 0.582. The van der Waals surface area contributed by atoms with Crippen LogP contribution in [0.25, 0.3) is 0 Å². The quantitative estimate of drug-likeness (QED) is 0.737. The summed E-state index contributed by atoms with van der Waals surface area (Å²) < 4.78 is 5.27. The van der Waals surface area contributed by atoms with Crippen molar-refractivity contribution in [1.29, 1.82) is 0 Å². The van der Waals surface area contributed by atoms with Crippen LogP contribution in [0.15, 0.2) is 24.5 Å². The van der Waals surface area contributed by atoms with Crippen molar-refractivity contribution in [3.8, 4) is 5.75 Å². The van der Waals surface area contributed by atoms with E-state index in [1.54, 1.807) is 31.5 Å². The first-order valence-corrected chi connectivity index (χ1v) is 4.02. The Morgan fingerprint density at radius 1 is 1.77 bits per heavy atom. The van der Waals surface area contributed by atoms with E-state index in [0.717, 1.165) is 0 Å². The number of carbonyl (C=O) groups is 1. The standard InChI is InChI=1S/C9H12N2O2/c1-7(9(10)12)6-13-8-3-2-4-11-5-8/h2-5,7H,6H2,1H3,(H2,10,12). The fourth-order valence-electron chi connectivity index (χ4n) is 0.736. The fraction of sp³-hybridized carbons (Fsp3) is 0.333. The van der Waals surface area contributed by atoms with Crippen LogP contribution in [-0.4, -0.2) is 17.5 Å². The van der Waals surface area contributed by atoms with Crippen LogP contribution in [0.5, 0.6) is 5.75 Å². The van der Waals surface area contributed by atoms with Crippen LogP contribution in [0.2, 0.25) is 0 Å². The molecule has 1 rings (SSSR count). The largest absolute Gasteiger partial charge is 0.491 e. The molecule has 0 saturated heterocycles. The summed E-state index contributed by atoms with van der Waals surface area (Å²) in [5, 5.41) is 0. The van der Waals surface area contributed by atoms with E-state index in [-0.39, 0.29) is 11.8 Å². The summed E-state index contributed by atoms with van der Waals surface area (Å²) in [6.07, 6.45) is 3.25. The van der Waals surface area contributed by atoms with Crippen LogP contribution >= 0.6 is 0 Å². The molecule has 4 nitrogen and oxygen atoms in total. The minimum Gasteiger partial charge on any atom is -0.491 e. The van der Waals surface area contributed by atoms with Crippen molar-refractivity contribution in [2.75, 3.05) is 6.61 Å². The van der Waals surface area contributed by atoms with E-state index >= 15 is 0 Å². The lowest BCUT2D eigenvalue weighted by Crippen LogP contribution is -2.25. The third kappa shape index (κ3) is 3.11. The monoisotopic (exact) mass is 180 g/mol. The summed E-state index contributed by atoms with van der Waals surface area (Å²) >= 11 is 0. The second-order valence-corrected chi connectivity index (χ2v) is 2.80. The first kappa shape index (κ1) is 9.51. The molecule has 1 amide bonds. The molecule has 0 saturated carbocycles. The Morgan fingerprint density at radius 2 is 2.54 bits per heavy atom. The molecule has 0 aliphatic rings. The normalized spacial score (nSPS) is 12.1. The number of amides is 1. The third-order valence-corrected chi connectivity index (χ3v) is 1.62. The zero-order chi connectivity index (χ0) is 9.68. The average molecular weight is 180 g/mol. The molecular formula is C9H12N2O2. The summed E-state index contributed by atoms with van der Waals surface area (Å²) in [5.74, 6) is 0.0136. The first-order chi connectivity index (χ1) is 6.20.